The quantitative estimate of drug-likeness (QED) is 0.828. The van der Waals surface area contributed by atoms with Gasteiger partial charge in [0, 0.05) is 12.1 Å². The molecular weight excluding hydrogens is 304 g/mol. The minimum atomic E-state index is -3.72. The van der Waals surface area contributed by atoms with Crippen LogP contribution in [0.4, 0.5) is 0 Å². The molecule has 1 fully saturated rings. The molecular formula is C15H22N2O4S. The van der Waals surface area contributed by atoms with Gasteiger partial charge >= 0.3 is 5.97 Å². The van der Waals surface area contributed by atoms with Crippen LogP contribution in [0.25, 0.3) is 0 Å². The minimum absolute atomic E-state index is 0.0235. The third kappa shape index (κ3) is 3.85. The highest BCUT2D eigenvalue weighted by atomic mass is 32.2. The van der Waals surface area contributed by atoms with Crippen LogP contribution in [-0.4, -0.2) is 49.6 Å². The van der Waals surface area contributed by atoms with Gasteiger partial charge in [-0.25, -0.2) is 17.9 Å². The number of nitrogens with zero attached hydrogens (tertiary/aromatic N) is 1. The Hall–Kier alpha value is -1.44. The van der Waals surface area contributed by atoms with Crippen molar-refractivity contribution < 1.29 is 18.3 Å². The first kappa shape index (κ1) is 16.9. The minimum Gasteiger partial charge on any atom is -0.478 e. The first-order valence-electron chi connectivity index (χ1n) is 7.30. The van der Waals surface area contributed by atoms with Crippen LogP contribution in [0.5, 0.6) is 0 Å². The van der Waals surface area contributed by atoms with Gasteiger partial charge in [0.1, 0.15) is 0 Å². The van der Waals surface area contributed by atoms with Gasteiger partial charge in [0.2, 0.25) is 10.0 Å². The molecule has 22 heavy (non-hydrogen) atoms. The summed E-state index contributed by atoms with van der Waals surface area (Å²) < 4.78 is 27.3. The van der Waals surface area contributed by atoms with Gasteiger partial charge in [0.05, 0.1) is 10.5 Å². The highest BCUT2D eigenvalue weighted by Gasteiger charge is 2.30. The molecule has 2 N–H and O–H groups in total. The second-order valence-corrected chi connectivity index (χ2v) is 7.93. The van der Waals surface area contributed by atoms with Gasteiger partial charge in [-0.3, -0.25) is 4.90 Å². The average molecular weight is 326 g/mol. The fourth-order valence-electron chi connectivity index (χ4n) is 2.59. The summed E-state index contributed by atoms with van der Waals surface area (Å²) in [5, 5.41) is 8.96. The van der Waals surface area contributed by atoms with Gasteiger partial charge in [0.15, 0.2) is 0 Å². The predicted octanol–water partition coefficient (Wildman–Crippen LogP) is 1.54. The molecule has 0 bridgehead atoms. The molecule has 1 aliphatic rings. The van der Waals surface area contributed by atoms with Crippen LogP contribution in [0.15, 0.2) is 29.2 Å². The van der Waals surface area contributed by atoms with Crippen LogP contribution in [0.3, 0.4) is 0 Å². The van der Waals surface area contributed by atoms with E-state index in [0.29, 0.717) is 0 Å². The summed E-state index contributed by atoms with van der Waals surface area (Å²) in [6, 6.07) is 5.38. The van der Waals surface area contributed by atoms with E-state index < -0.39 is 16.0 Å². The predicted molar refractivity (Wildman–Crippen MR) is 83.5 cm³/mol. The van der Waals surface area contributed by atoms with Crippen molar-refractivity contribution in [1.82, 2.24) is 9.62 Å². The Balaban J connectivity index is 2.11. The van der Waals surface area contributed by atoms with Crippen LogP contribution in [0, 0.1) is 0 Å². The average Bonchev–Trinajstić information content (AvgIpc) is 3.01. The molecule has 1 aromatic carbocycles. The molecule has 0 spiro atoms. The summed E-state index contributed by atoms with van der Waals surface area (Å²) in [4.78, 5) is 13.2. The van der Waals surface area contributed by atoms with E-state index in [2.05, 4.69) is 9.62 Å². The van der Waals surface area contributed by atoms with Crippen LogP contribution in [0.1, 0.15) is 37.0 Å². The topological polar surface area (TPSA) is 86.7 Å². The van der Waals surface area contributed by atoms with Crippen molar-refractivity contribution in [2.45, 2.75) is 37.1 Å². The maximum atomic E-state index is 12.3. The van der Waals surface area contributed by atoms with Crippen molar-refractivity contribution in [3.05, 3.63) is 29.8 Å². The molecule has 1 aliphatic heterocycles. The molecule has 0 atom stereocenters. The number of hydrogen-bond acceptors (Lipinski definition) is 4. The van der Waals surface area contributed by atoms with Gasteiger partial charge < -0.3 is 5.11 Å². The van der Waals surface area contributed by atoms with E-state index in [9.17, 15) is 13.2 Å². The van der Waals surface area contributed by atoms with Crippen LogP contribution < -0.4 is 4.72 Å². The summed E-state index contributed by atoms with van der Waals surface area (Å²) in [6.45, 7) is 6.25. The number of carbonyl (C=O) groups is 1. The van der Waals surface area contributed by atoms with Crippen LogP contribution >= 0.6 is 0 Å². The molecule has 2 rings (SSSR count). The maximum absolute atomic E-state index is 12.3. The van der Waals surface area contributed by atoms with Gasteiger partial charge in [-0.15, -0.1) is 0 Å². The number of hydrogen-bond donors (Lipinski definition) is 2. The lowest BCUT2D eigenvalue weighted by Gasteiger charge is -2.35. The summed E-state index contributed by atoms with van der Waals surface area (Å²) in [5.74, 6) is -1.14. The summed E-state index contributed by atoms with van der Waals surface area (Å²) in [7, 11) is -3.72. The lowest BCUT2D eigenvalue weighted by atomic mass is 10.0. The van der Waals surface area contributed by atoms with Crippen molar-refractivity contribution in [3.8, 4) is 0 Å². The monoisotopic (exact) mass is 326 g/mol. The molecule has 0 amide bonds. The van der Waals surface area contributed by atoms with Crippen molar-refractivity contribution in [1.29, 1.82) is 0 Å². The van der Waals surface area contributed by atoms with Crippen molar-refractivity contribution >= 4 is 16.0 Å². The molecule has 7 heteroatoms. The maximum Gasteiger partial charge on any atom is 0.335 e. The SMILES string of the molecule is CC(C)(CNS(=O)(=O)c1cccc(C(=O)O)c1)N1CCCC1. The fraction of sp³-hybridized carbons (Fsp3) is 0.533. The molecule has 0 aliphatic carbocycles. The molecule has 1 aromatic rings. The van der Waals surface area contributed by atoms with Gasteiger partial charge in [-0.2, -0.15) is 0 Å². The number of carboxylic acids is 1. The number of aromatic carboxylic acids is 1. The van der Waals surface area contributed by atoms with E-state index in [1.54, 1.807) is 0 Å². The van der Waals surface area contributed by atoms with Crippen molar-refractivity contribution in [3.63, 3.8) is 0 Å². The Morgan fingerprint density at radius 2 is 1.95 bits per heavy atom. The van der Waals surface area contributed by atoms with Crippen molar-refractivity contribution in [2.24, 2.45) is 0 Å². The summed E-state index contributed by atoms with van der Waals surface area (Å²) >= 11 is 0. The Bertz CT molecular complexity index is 649. The third-order valence-corrected chi connectivity index (χ3v) is 5.45. The molecule has 1 heterocycles. The Kier molecular flexibility index (Phi) is 4.89. The number of benzene rings is 1. The summed E-state index contributed by atoms with van der Waals surface area (Å²) in [6.07, 6.45) is 2.27. The standard InChI is InChI=1S/C15H22N2O4S/c1-15(2,17-8-3-4-9-17)11-16-22(20,21)13-7-5-6-12(10-13)14(18)19/h5-7,10,16H,3-4,8-9,11H2,1-2H3,(H,18,19). The largest absolute Gasteiger partial charge is 0.478 e. The zero-order valence-electron chi connectivity index (χ0n) is 12.9. The number of likely N-dealkylation sites (tertiary alicyclic amines) is 1. The van der Waals surface area contributed by atoms with Crippen LogP contribution in [0.2, 0.25) is 0 Å². The lowest BCUT2D eigenvalue weighted by molar-refractivity contribution is 0.0696. The molecule has 0 aromatic heterocycles. The Labute approximate surface area is 131 Å². The Morgan fingerprint density at radius 1 is 1.32 bits per heavy atom. The molecule has 6 nitrogen and oxygen atoms in total. The van der Waals surface area contributed by atoms with Crippen LogP contribution in [-0.2, 0) is 10.0 Å². The van der Waals surface area contributed by atoms with E-state index >= 15 is 0 Å². The number of rotatable bonds is 6. The molecule has 0 saturated carbocycles. The molecule has 1 saturated heterocycles. The molecule has 0 unspecified atom stereocenters. The van der Waals surface area contributed by atoms with Gasteiger partial charge in [-0.05, 0) is 58.0 Å². The van der Waals surface area contributed by atoms with Gasteiger partial charge in [0.25, 0.3) is 0 Å². The molecule has 122 valence electrons. The van der Waals surface area contributed by atoms with E-state index in [4.69, 9.17) is 5.11 Å². The van der Waals surface area contributed by atoms with E-state index in [-0.39, 0.29) is 22.5 Å². The number of carboxylic acid groups (broad SMARTS) is 1. The molecule has 0 radical (unpaired) electrons. The lowest BCUT2D eigenvalue weighted by Crippen LogP contribution is -2.50. The Morgan fingerprint density at radius 3 is 2.55 bits per heavy atom. The van der Waals surface area contributed by atoms with E-state index in [0.717, 1.165) is 25.9 Å². The number of sulfonamides is 1. The zero-order chi connectivity index (χ0) is 16.4. The highest BCUT2D eigenvalue weighted by molar-refractivity contribution is 7.89. The second-order valence-electron chi connectivity index (χ2n) is 6.16. The zero-order valence-corrected chi connectivity index (χ0v) is 13.7. The van der Waals surface area contributed by atoms with E-state index in [1.165, 1.54) is 24.3 Å². The normalized spacial score (nSPS) is 16.8. The number of nitrogens with one attached hydrogen (secondary N) is 1. The third-order valence-electron chi connectivity index (χ3n) is 4.05. The van der Waals surface area contributed by atoms with E-state index in [1.807, 2.05) is 13.8 Å². The highest BCUT2D eigenvalue weighted by Crippen LogP contribution is 2.21. The van der Waals surface area contributed by atoms with Gasteiger partial charge in [-0.1, -0.05) is 6.07 Å². The first-order chi connectivity index (χ1) is 10.2. The fourth-order valence-corrected chi connectivity index (χ4v) is 3.84. The smallest absolute Gasteiger partial charge is 0.335 e. The first-order valence-corrected chi connectivity index (χ1v) is 8.79. The second kappa shape index (κ2) is 6.36. The van der Waals surface area contributed by atoms with Crippen molar-refractivity contribution in [2.75, 3.05) is 19.6 Å². The summed E-state index contributed by atoms with van der Waals surface area (Å²) in [5.41, 5.74) is -0.310.